The van der Waals surface area contributed by atoms with E-state index >= 15 is 0 Å². The summed E-state index contributed by atoms with van der Waals surface area (Å²) in [5.74, 6) is 0. The molecular weight excluding hydrogens is 266 g/mol. The molecule has 0 amide bonds. The maximum absolute atomic E-state index is 12.7. The SMILES string of the molecule is CCNc1cccnc1S(=O)(=O)N1CCOCC1C. The van der Waals surface area contributed by atoms with E-state index in [1.807, 2.05) is 13.8 Å². The third-order valence-corrected chi connectivity index (χ3v) is 4.97. The van der Waals surface area contributed by atoms with E-state index in [9.17, 15) is 8.42 Å². The average molecular weight is 285 g/mol. The van der Waals surface area contributed by atoms with Crippen molar-refractivity contribution >= 4 is 15.7 Å². The molecule has 0 aliphatic carbocycles. The first-order valence-electron chi connectivity index (χ1n) is 6.36. The van der Waals surface area contributed by atoms with Crippen molar-refractivity contribution in [2.45, 2.75) is 24.9 Å². The summed E-state index contributed by atoms with van der Waals surface area (Å²) in [5, 5.41) is 3.13. The zero-order valence-corrected chi connectivity index (χ0v) is 12.0. The minimum Gasteiger partial charge on any atom is -0.383 e. The number of hydrogen-bond donors (Lipinski definition) is 1. The molecule has 19 heavy (non-hydrogen) atoms. The lowest BCUT2D eigenvalue weighted by atomic mass is 10.3. The van der Waals surface area contributed by atoms with Gasteiger partial charge in [0.25, 0.3) is 10.0 Å². The lowest BCUT2D eigenvalue weighted by molar-refractivity contribution is 0.0392. The van der Waals surface area contributed by atoms with Gasteiger partial charge >= 0.3 is 0 Å². The Bertz CT molecular complexity index is 533. The van der Waals surface area contributed by atoms with E-state index < -0.39 is 10.0 Å². The molecule has 0 spiro atoms. The minimum atomic E-state index is -3.58. The van der Waals surface area contributed by atoms with Crippen LogP contribution in [0.1, 0.15) is 13.8 Å². The Balaban J connectivity index is 2.38. The molecule has 1 saturated heterocycles. The number of hydrogen-bond acceptors (Lipinski definition) is 5. The van der Waals surface area contributed by atoms with Gasteiger partial charge < -0.3 is 10.1 Å². The van der Waals surface area contributed by atoms with Crippen LogP contribution in [0.4, 0.5) is 5.69 Å². The summed E-state index contributed by atoms with van der Waals surface area (Å²) in [6.07, 6.45) is 1.50. The number of morpholine rings is 1. The molecule has 0 radical (unpaired) electrons. The number of sulfonamides is 1. The van der Waals surface area contributed by atoms with Crippen LogP contribution in [-0.4, -0.2) is 50.1 Å². The molecule has 7 heteroatoms. The number of aromatic nitrogens is 1. The lowest BCUT2D eigenvalue weighted by Crippen LogP contribution is -2.47. The van der Waals surface area contributed by atoms with Crippen molar-refractivity contribution in [3.05, 3.63) is 18.3 Å². The molecule has 1 unspecified atom stereocenters. The van der Waals surface area contributed by atoms with Crippen molar-refractivity contribution < 1.29 is 13.2 Å². The van der Waals surface area contributed by atoms with Crippen LogP contribution in [0.2, 0.25) is 0 Å². The van der Waals surface area contributed by atoms with Gasteiger partial charge in [-0.05, 0) is 26.0 Å². The highest BCUT2D eigenvalue weighted by Gasteiger charge is 2.33. The van der Waals surface area contributed by atoms with Gasteiger partial charge in [-0.2, -0.15) is 4.31 Å². The van der Waals surface area contributed by atoms with Gasteiger partial charge in [0, 0.05) is 25.3 Å². The maximum Gasteiger partial charge on any atom is 0.263 e. The first-order chi connectivity index (χ1) is 9.07. The van der Waals surface area contributed by atoms with Gasteiger partial charge in [-0.3, -0.25) is 0 Å². The fraction of sp³-hybridized carbons (Fsp3) is 0.583. The molecule has 1 aromatic rings. The first kappa shape index (κ1) is 14.2. The molecule has 1 aromatic heterocycles. The van der Waals surface area contributed by atoms with Gasteiger partial charge in [0.2, 0.25) is 0 Å². The average Bonchev–Trinajstić information content (AvgIpc) is 2.40. The van der Waals surface area contributed by atoms with Crippen molar-refractivity contribution in [2.24, 2.45) is 0 Å². The zero-order valence-electron chi connectivity index (χ0n) is 11.2. The highest BCUT2D eigenvalue weighted by molar-refractivity contribution is 7.89. The number of ether oxygens (including phenoxy) is 1. The molecule has 2 rings (SSSR count). The third kappa shape index (κ3) is 2.88. The van der Waals surface area contributed by atoms with Gasteiger partial charge in [-0.15, -0.1) is 0 Å². The van der Waals surface area contributed by atoms with E-state index in [1.165, 1.54) is 10.5 Å². The van der Waals surface area contributed by atoms with Gasteiger partial charge in [-0.1, -0.05) is 0 Å². The number of anilines is 1. The van der Waals surface area contributed by atoms with Crippen molar-refractivity contribution in [3.8, 4) is 0 Å². The molecule has 106 valence electrons. The van der Waals surface area contributed by atoms with Gasteiger partial charge in [0.15, 0.2) is 5.03 Å². The van der Waals surface area contributed by atoms with Gasteiger partial charge in [0.1, 0.15) is 0 Å². The summed E-state index contributed by atoms with van der Waals surface area (Å²) in [6.45, 7) is 5.61. The quantitative estimate of drug-likeness (QED) is 0.891. The maximum atomic E-state index is 12.7. The van der Waals surface area contributed by atoms with Gasteiger partial charge in [-0.25, -0.2) is 13.4 Å². The van der Waals surface area contributed by atoms with Crippen LogP contribution in [0.3, 0.4) is 0 Å². The summed E-state index contributed by atoms with van der Waals surface area (Å²) >= 11 is 0. The molecule has 1 aliphatic heterocycles. The lowest BCUT2D eigenvalue weighted by Gasteiger charge is -2.32. The Kier molecular flexibility index (Phi) is 4.38. The summed E-state index contributed by atoms with van der Waals surface area (Å²) in [7, 11) is -3.58. The molecule has 1 fully saturated rings. The predicted molar refractivity (Wildman–Crippen MR) is 72.6 cm³/mol. The fourth-order valence-corrected chi connectivity index (χ4v) is 3.79. The largest absolute Gasteiger partial charge is 0.383 e. The number of nitrogens with one attached hydrogen (secondary N) is 1. The van der Waals surface area contributed by atoms with Crippen LogP contribution >= 0.6 is 0 Å². The van der Waals surface area contributed by atoms with Crippen LogP contribution in [0.15, 0.2) is 23.4 Å². The summed E-state index contributed by atoms with van der Waals surface area (Å²) in [4.78, 5) is 4.05. The van der Waals surface area contributed by atoms with E-state index in [0.717, 1.165) is 0 Å². The summed E-state index contributed by atoms with van der Waals surface area (Å²) in [6, 6.07) is 3.28. The molecular formula is C12H19N3O3S. The van der Waals surface area contributed by atoms with E-state index in [1.54, 1.807) is 12.1 Å². The van der Waals surface area contributed by atoms with Crippen LogP contribution < -0.4 is 5.32 Å². The van der Waals surface area contributed by atoms with Crippen molar-refractivity contribution in [1.29, 1.82) is 0 Å². The standard InChI is InChI=1S/C12H19N3O3S/c1-3-13-11-5-4-6-14-12(11)19(16,17)15-7-8-18-9-10(15)2/h4-6,10,13H,3,7-9H2,1-2H3. The van der Waals surface area contributed by atoms with Crippen molar-refractivity contribution in [3.63, 3.8) is 0 Å². The minimum absolute atomic E-state index is 0.0885. The fourth-order valence-electron chi connectivity index (χ4n) is 2.10. The summed E-state index contributed by atoms with van der Waals surface area (Å²) < 4.78 is 32.1. The van der Waals surface area contributed by atoms with Crippen LogP contribution in [-0.2, 0) is 14.8 Å². The Morgan fingerprint density at radius 3 is 3.05 bits per heavy atom. The Labute approximate surface area is 113 Å². The van der Waals surface area contributed by atoms with Crippen molar-refractivity contribution in [2.75, 3.05) is 31.6 Å². The van der Waals surface area contributed by atoms with Crippen LogP contribution in [0.5, 0.6) is 0 Å². The molecule has 2 heterocycles. The Hall–Kier alpha value is -1.18. The summed E-state index contributed by atoms with van der Waals surface area (Å²) in [5.41, 5.74) is 0.545. The molecule has 1 N–H and O–H groups in total. The Morgan fingerprint density at radius 2 is 2.37 bits per heavy atom. The number of rotatable bonds is 4. The molecule has 1 atom stereocenters. The van der Waals surface area contributed by atoms with E-state index in [4.69, 9.17) is 4.74 Å². The second-order valence-electron chi connectivity index (χ2n) is 4.43. The molecule has 6 nitrogen and oxygen atoms in total. The first-order valence-corrected chi connectivity index (χ1v) is 7.80. The molecule has 1 aliphatic rings. The zero-order chi connectivity index (χ0) is 13.9. The molecule has 0 saturated carbocycles. The van der Waals surface area contributed by atoms with Crippen LogP contribution in [0.25, 0.3) is 0 Å². The topological polar surface area (TPSA) is 71.5 Å². The second-order valence-corrected chi connectivity index (χ2v) is 6.23. The monoisotopic (exact) mass is 285 g/mol. The predicted octanol–water partition coefficient (Wildman–Crippen LogP) is 0.923. The van der Waals surface area contributed by atoms with E-state index in [-0.39, 0.29) is 11.1 Å². The van der Waals surface area contributed by atoms with Gasteiger partial charge in [0.05, 0.1) is 18.9 Å². The highest BCUT2D eigenvalue weighted by atomic mass is 32.2. The van der Waals surface area contributed by atoms with E-state index in [2.05, 4.69) is 10.3 Å². The third-order valence-electron chi connectivity index (χ3n) is 3.00. The number of nitrogens with zero attached hydrogens (tertiary/aromatic N) is 2. The van der Waals surface area contributed by atoms with E-state index in [0.29, 0.717) is 32.0 Å². The van der Waals surface area contributed by atoms with Crippen LogP contribution in [0, 0.1) is 0 Å². The smallest absolute Gasteiger partial charge is 0.263 e. The molecule has 0 aromatic carbocycles. The number of pyridine rings is 1. The Morgan fingerprint density at radius 1 is 1.58 bits per heavy atom. The van der Waals surface area contributed by atoms with Crippen molar-refractivity contribution in [1.82, 2.24) is 9.29 Å². The second kappa shape index (κ2) is 5.85. The normalized spacial score (nSPS) is 21.3. The highest BCUT2D eigenvalue weighted by Crippen LogP contribution is 2.24. The molecule has 0 bridgehead atoms.